The van der Waals surface area contributed by atoms with E-state index >= 15 is 0 Å². The quantitative estimate of drug-likeness (QED) is 0.657. The van der Waals surface area contributed by atoms with Gasteiger partial charge >= 0.3 is 0 Å². The maximum atomic E-state index is 5.95. The van der Waals surface area contributed by atoms with Crippen LogP contribution >= 0.6 is 0 Å². The third-order valence-electron chi connectivity index (χ3n) is 3.70. The normalized spacial score (nSPS) is 12.5. The van der Waals surface area contributed by atoms with E-state index in [0.717, 1.165) is 17.7 Å². The van der Waals surface area contributed by atoms with Gasteiger partial charge in [-0.25, -0.2) is 0 Å². The monoisotopic (exact) mass is 326 g/mol. The number of aromatic nitrogens is 4. The van der Waals surface area contributed by atoms with Gasteiger partial charge < -0.3 is 9.26 Å². The van der Waals surface area contributed by atoms with Crippen LogP contribution in [0.15, 0.2) is 47.2 Å². The van der Waals surface area contributed by atoms with Crippen LogP contribution in [-0.2, 0) is 6.42 Å². The predicted octanol–water partition coefficient (Wildman–Crippen LogP) is 3.97. The molecule has 6 nitrogen and oxygen atoms in total. The summed E-state index contributed by atoms with van der Waals surface area (Å²) in [5.41, 5.74) is 1.05. The van der Waals surface area contributed by atoms with Gasteiger partial charge in [0.15, 0.2) is 6.10 Å². The van der Waals surface area contributed by atoms with Gasteiger partial charge in [0.2, 0.25) is 11.7 Å². The predicted molar refractivity (Wildman–Crippen MR) is 89.8 cm³/mol. The third kappa shape index (κ3) is 3.82. The molecule has 6 heteroatoms. The highest BCUT2D eigenvalue weighted by Crippen LogP contribution is 2.23. The van der Waals surface area contributed by atoms with Crippen molar-refractivity contribution in [2.24, 2.45) is 0 Å². The molecule has 0 aliphatic rings. The molecule has 24 heavy (non-hydrogen) atoms. The van der Waals surface area contributed by atoms with Crippen molar-refractivity contribution >= 4 is 0 Å². The molecule has 3 rings (SSSR count). The summed E-state index contributed by atoms with van der Waals surface area (Å²) in [6.45, 7) is 6.22. The van der Waals surface area contributed by atoms with Crippen LogP contribution in [0.5, 0.6) is 5.75 Å². The number of nitrogens with zero attached hydrogens (tertiary/aromatic N) is 4. The zero-order valence-electron chi connectivity index (χ0n) is 14.2. The van der Waals surface area contributed by atoms with Crippen molar-refractivity contribution in [2.45, 2.75) is 45.8 Å². The van der Waals surface area contributed by atoms with Gasteiger partial charge in [-0.05, 0) is 38.0 Å². The molecule has 0 spiro atoms. The van der Waals surface area contributed by atoms with E-state index in [9.17, 15) is 0 Å². The van der Waals surface area contributed by atoms with Crippen molar-refractivity contribution < 1.29 is 9.26 Å². The Kier molecular flexibility index (Phi) is 4.93. The Labute approximate surface area is 141 Å². The number of hydrogen-bond acceptors (Lipinski definition) is 5. The van der Waals surface area contributed by atoms with Gasteiger partial charge in [0.05, 0.1) is 12.6 Å². The van der Waals surface area contributed by atoms with Gasteiger partial charge in [-0.15, -0.1) is 0 Å². The van der Waals surface area contributed by atoms with Crippen LogP contribution in [0.2, 0.25) is 0 Å². The summed E-state index contributed by atoms with van der Waals surface area (Å²) in [4.78, 5) is 4.49. The first-order chi connectivity index (χ1) is 11.7. The first kappa shape index (κ1) is 16.2. The van der Waals surface area contributed by atoms with Gasteiger partial charge in [0.1, 0.15) is 5.75 Å². The van der Waals surface area contributed by atoms with E-state index < -0.39 is 0 Å². The minimum atomic E-state index is -0.219. The Morgan fingerprint density at radius 3 is 2.67 bits per heavy atom. The molecule has 0 radical (unpaired) electrons. The average Bonchev–Trinajstić information content (AvgIpc) is 3.24. The van der Waals surface area contributed by atoms with Gasteiger partial charge in [-0.1, -0.05) is 30.3 Å². The highest BCUT2D eigenvalue weighted by molar-refractivity contribution is 5.21. The van der Waals surface area contributed by atoms with Gasteiger partial charge in [0, 0.05) is 12.2 Å². The van der Waals surface area contributed by atoms with Crippen molar-refractivity contribution in [3.05, 3.63) is 60.0 Å². The third-order valence-corrected chi connectivity index (χ3v) is 3.70. The highest BCUT2D eigenvalue weighted by Gasteiger charge is 2.19. The van der Waals surface area contributed by atoms with Crippen LogP contribution in [0, 0.1) is 0 Å². The molecule has 0 aliphatic carbocycles. The molecular formula is C18H22N4O2. The fourth-order valence-electron chi connectivity index (χ4n) is 2.38. The average molecular weight is 326 g/mol. The van der Waals surface area contributed by atoms with Crippen LogP contribution in [-0.4, -0.2) is 19.9 Å². The molecule has 0 fully saturated rings. The van der Waals surface area contributed by atoms with E-state index in [4.69, 9.17) is 9.26 Å². The lowest BCUT2D eigenvalue weighted by molar-refractivity contribution is 0.186. The molecule has 0 bridgehead atoms. The molecular weight excluding hydrogens is 304 g/mol. The minimum absolute atomic E-state index is 0.219. The van der Waals surface area contributed by atoms with E-state index in [2.05, 4.69) is 29.1 Å². The number of benzene rings is 1. The van der Waals surface area contributed by atoms with E-state index in [1.165, 1.54) is 0 Å². The molecule has 0 N–H and O–H groups in total. The zero-order valence-corrected chi connectivity index (χ0v) is 14.2. The number of para-hydroxylation sites is 1. The molecule has 1 aromatic carbocycles. The summed E-state index contributed by atoms with van der Waals surface area (Å²) < 4.78 is 13.2. The number of hydrogen-bond donors (Lipinski definition) is 0. The van der Waals surface area contributed by atoms with Crippen LogP contribution in [0.25, 0.3) is 0 Å². The van der Waals surface area contributed by atoms with Crippen molar-refractivity contribution in [3.8, 4) is 5.75 Å². The Bertz CT molecular complexity index is 764. The van der Waals surface area contributed by atoms with E-state index in [-0.39, 0.29) is 6.10 Å². The summed E-state index contributed by atoms with van der Waals surface area (Å²) in [7, 11) is 0. The van der Waals surface area contributed by atoms with Crippen LogP contribution in [0.4, 0.5) is 0 Å². The molecule has 1 atom stereocenters. The number of rotatable bonds is 7. The second-order valence-corrected chi connectivity index (χ2v) is 5.97. The summed E-state index contributed by atoms with van der Waals surface area (Å²) in [5, 5.41) is 8.41. The standard InChI is InChI=1S/C18H22N4O2/c1-4-16(23-15-8-6-5-7-9-15)18-20-17(24-21-18)10-14-11-19-22(12-14)13(2)3/h5-9,11-13,16H,4,10H2,1-3H3. The number of ether oxygens (including phenoxy) is 1. The second-order valence-electron chi connectivity index (χ2n) is 5.97. The molecule has 3 aromatic rings. The summed E-state index contributed by atoms with van der Waals surface area (Å²) in [6.07, 6.45) is 4.96. The molecule has 2 aromatic heterocycles. The zero-order chi connectivity index (χ0) is 16.9. The SMILES string of the molecule is CCC(Oc1ccccc1)c1noc(Cc2cnn(C(C)C)c2)n1. The summed E-state index contributed by atoms with van der Waals surface area (Å²) in [6, 6.07) is 10.0. The maximum absolute atomic E-state index is 5.95. The molecule has 0 saturated carbocycles. The van der Waals surface area contributed by atoms with E-state index in [1.54, 1.807) is 0 Å². The maximum Gasteiger partial charge on any atom is 0.231 e. The van der Waals surface area contributed by atoms with Crippen LogP contribution in [0.3, 0.4) is 0 Å². The Morgan fingerprint density at radius 1 is 1.21 bits per heavy atom. The first-order valence-electron chi connectivity index (χ1n) is 8.23. The Balaban J connectivity index is 1.69. The van der Waals surface area contributed by atoms with Crippen molar-refractivity contribution in [3.63, 3.8) is 0 Å². The minimum Gasteiger partial charge on any atom is -0.482 e. The lowest BCUT2D eigenvalue weighted by atomic mass is 10.2. The molecule has 0 aliphatic heterocycles. The van der Waals surface area contributed by atoms with Gasteiger partial charge in [-0.2, -0.15) is 10.1 Å². The Morgan fingerprint density at radius 2 is 2.00 bits per heavy atom. The molecule has 2 heterocycles. The fraction of sp³-hybridized carbons (Fsp3) is 0.389. The summed E-state index contributed by atoms with van der Waals surface area (Å²) in [5.74, 6) is 1.95. The second kappa shape index (κ2) is 7.29. The van der Waals surface area contributed by atoms with E-state index in [1.807, 2.05) is 54.3 Å². The largest absolute Gasteiger partial charge is 0.482 e. The van der Waals surface area contributed by atoms with Gasteiger partial charge in [-0.3, -0.25) is 4.68 Å². The topological polar surface area (TPSA) is 66.0 Å². The fourth-order valence-corrected chi connectivity index (χ4v) is 2.38. The van der Waals surface area contributed by atoms with Crippen molar-refractivity contribution in [1.29, 1.82) is 0 Å². The van der Waals surface area contributed by atoms with Gasteiger partial charge in [0.25, 0.3) is 0 Å². The van der Waals surface area contributed by atoms with Crippen LogP contribution in [0.1, 0.15) is 56.6 Å². The lowest BCUT2D eigenvalue weighted by Crippen LogP contribution is -2.08. The van der Waals surface area contributed by atoms with E-state index in [0.29, 0.717) is 24.2 Å². The van der Waals surface area contributed by atoms with Crippen molar-refractivity contribution in [1.82, 2.24) is 19.9 Å². The summed E-state index contributed by atoms with van der Waals surface area (Å²) >= 11 is 0. The highest BCUT2D eigenvalue weighted by atomic mass is 16.5. The first-order valence-corrected chi connectivity index (χ1v) is 8.23. The lowest BCUT2D eigenvalue weighted by Gasteiger charge is -2.13. The van der Waals surface area contributed by atoms with Crippen molar-refractivity contribution in [2.75, 3.05) is 0 Å². The van der Waals surface area contributed by atoms with Crippen LogP contribution < -0.4 is 4.74 Å². The molecule has 1 unspecified atom stereocenters. The molecule has 0 amide bonds. The molecule has 0 saturated heterocycles. The Hall–Kier alpha value is -2.63. The smallest absolute Gasteiger partial charge is 0.231 e. The molecule has 126 valence electrons.